The number of rotatable bonds is 2. The molecule has 1 saturated heterocycles. The lowest BCUT2D eigenvalue weighted by Gasteiger charge is -2.22. The molecule has 2 amide bonds. The first-order valence-electron chi connectivity index (χ1n) is 5.59. The summed E-state index contributed by atoms with van der Waals surface area (Å²) in [6.45, 7) is 0.565. The van der Waals surface area contributed by atoms with Crippen molar-refractivity contribution in [1.82, 2.24) is 4.90 Å². The molecule has 1 fully saturated rings. The Morgan fingerprint density at radius 3 is 2.83 bits per heavy atom. The molecule has 1 heterocycles. The summed E-state index contributed by atoms with van der Waals surface area (Å²) in [6, 6.07) is 4.75. The van der Waals surface area contributed by atoms with E-state index in [1.807, 2.05) is 0 Å². The van der Waals surface area contributed by atoms with Crippen LogP contribution >= 0.6 is 28.6 Å². The second-order valence-corrected chi connectivity index (χ2v) is 5.59. The van der Waals surface area contributed by atoms with Crippen LogP contribution in [0.2, 0.25) is 0 Å². The van der Waals surface area contributed by atoms with Crippen molar-refractivity contribution in [3.8, 4) is 0 Å². The van der Waals surface area contributed by atoms with Crippen LogP contribution in [-0.2, 0) is 4.79 Å². The lowest BCUT2D eigenvalue weighted by atomic mass is 10.1. The molecule has 18 heavy (non-hydrogen) atoms. The Bertz CT molecular complexity index is 507. The van der Waals surface area contributed by atoms with Gasteiger partial charge in [0.15, 0.2) is 0 Å². The number of carbonyl (C=O) groups excluding carboxylic acids is 2. The summed E-state index contributed by atoms with van der Waals surface area (Å²) in [5.74, 6) is -0.627. The largest absolute Gasteiger partial charge is 0.368 e. The second-order valence-electron chi connectivity index (χ2n) is 4.22. The number of benzene rings is 1. The molecular weight excluding hydrogens is 316 g/mol. The highest BCUT2D eigenvalue weighted by atomic mass is 79.9. The van der Waals surface area contributed by atoms with E-state index in [4.69, 9.17) is 5.73 Å². The Hall–Kier alpha value is -1.01. The molecule has 1 aromatic carbocycles. The number of carbonyl (C=O) groups is 2. The Balaban J connectivity index is 2.31. The van der Waals surface area contributed by atoms with Crippen LogP contribution in [0.5, 0.6) is 0 Å². The van der Waals surface area contributed by atoms with Crippen molar-refractivity contribution >= 4 is 40.4 Å². The van der Waals surface area contributed by atoms with E-state index in [-0.39, 0.29) is 5.91 Å². The zero-order valence-corrected chi connectivity index (χ0v) is 12.1. The SMILES string of the molecule is NC(=O)C1CCCN1C(=O)c1cc(S)ccc1Br. The predicted octanol–water partition coefficient (Wildman–Crippen LogP) is 1.83. The van der Waals surface area contributed by atoms with Crippen molar-refractivity contribution in [1.29, 1.82) is 0 Å². The highest BCUT2D eigenvalue weighted by Gasteiger charge is 2.33. The number of hydrogen-bond donors (Lipinski definition) is 2. The molecule has 1 unspecified atom stereocenters. The molecule has 2 N–H and O–H groups in total. The molecule has 1 aliphatic heterocycles. The quantitative estimate of drug-likeness (QED) is 0.813. The minimum absolute atomic E-state index is 0.181. The predicted molar refractivity (Wildman–Crippen MR) is 74.6 cm³/mol. The van der Waals surface area contributed by atoms with E-state index in [9.17, 15) is 9.59 Å². The molecule has 4 nitrogen and oxygen atoms in total. The van der Waals surface area contributed by atoms with Gasteiger partial charge in [-0.25, -0.2) is 0 Å². The highest BCUT2D eigenvalue weighted by molar-refractivity contribution is 9.10. The number of halogens is 1. The van der Waals surface area contributed by atoms with Crippen LogP contribution in [0.15, 0.2) is 27.6 Å². The van der Waals surface area contributed by atoms with Gasteiger partial charge in [0, 0.05) is 15.9 Å². The van der Waals surface area contributed by atoms with Crippen LogP contribution in [0.25, 0.3) is 0 Å². The summed E-state index contributed by atoms with van der Waals surface area (Å²) in [5.41, 5.74) is 5.82. The third kappa shape index (κ3) is 2.54. The van der Waals surface area contributed by atoms with Crippen LogP contribution in [0, 0.1) is 0 Å². The number of primary amides is 1. The lowest BCUT2D eigenvalue weighted by molar-refractivity contribution is -0.121. The van der Waals surface area contributed by atoms with Gasteiger partial charge in [-0.2, -0.15) is 0 Å². The molecule has 1 aromatic rings. The first kappa shape index (κ1) is 13.4. The normalized spacial score (nSPS) is 19.0. The molecule has 1 aliphatic rings. The summed E-state index contributed by atoms with van der Waals surface area (Å²) in [6.07, 6.45) is 1.44. The first-order valence-corrected chi connectivity index (χ1v) is 6.83. The molecule has 0 bridgehead atoms. The average Bonchev–Trinajstić information content (AvgIpc) is 2.80. The van der Waals surface area contributed by atoms with Crippen LogP contribution in [0.4, 0.5) is 0 Å². The Kier molecular flexibility index (Phi) is 3.97. The molecule has 0 saturated carbocycles. The minimum Gasteiger partial charge on any atom is -0.368 e. The van der Waals surface area contributed by atoms with Crippen molar-refractivity contribution < 1.29 is 9.59 Å². The molecule has 0 aliphatic carbocycles. The van der Waals surface area contributed by atoms with Crippen LogP contribution in [0.3, 0.4) is 0 Å². The first-order chi connectivity index (χ1) is 8.50. The molecule has 0 spiro atoms. The van der Waals surface area contributed by atoms with Gasteiger partial charge < -0.3 is 10.6 Å². The third-order valence-electron chi connectivity index (χ3n) is 3.02. The van der Waals surface area contributed by atoms with Gasteiger partial charge in [0.1, 0.15) is 6.04 Å². The topological polar surface area (TPSA) is 63.4 Å². The molecule has 2 rings (SSSR count). The van der Waals surface area contributed by atoms with Crippen LogP contribution < -0.4 is 5.73 Å². The van der Waals surface area contributed by atoms with Gasteiger partial charge in [-0.3, -0.25) is 9.59 Å². The van der Waals surface area contributed by atoms with E-state index in [1.54, 1.807) is 18.2 Å². The molecule has 1 atom stereocenters. The molecule has 0 aromatic heterocycles. The molecular formula is C12H13BrN2O2S. The van der Waals surface area contributed by atoms with Gasteiger partial charge in [-0.1, -0.05) is 0 Å². The van der Waals surface area contributed by atoms with Crippen molar-refractivity contribution in [3.63, 3.8) is 0 Å². The van der Waals surface area contributed by atoms with Gasteiger partial charge in [0.2, 0.25) is 5.91 Å². The van der Waals surface area contributed by atoms with Crippen molar-refractivity contribution in [3.05, 3.63) is 28.2 Å². The van der Waals surface area contributed by atoms with E-state index < -0.39 is 11.9 Å². The van der Waals surface area contributed by atoms with E-state index in [0.29, 0.717) is 27.9 Å². The van der Waals surface area contributed by atoms with Crippen LogP contribution in [0.1, 0.15) is 23.2 Å². The summed E-state index contributed by atoms with van der Waals surface area (Å²) in [5, 5.41) is 0. The summed E-state index contributed by atoms with van der Waals surface area (Å²) < 4.78 is 0.695. The number of nitrogens with two attached hydrogens (primary N) is 1. The maximum absolute atomic E-state index is 12.4. The van der Waals surface area contributed by atoms with E-state index >= 15 is 0 Å². The number of hydrogen-bond acceptors (Lipinski definition) is 3. The Labute approximate surface area is 119 Å². The molecule has 0 radical (unpaired) electrons. The number of thiol groups is 1. The van der Waals surface area contributed by atoms with Crippen LogP contribution in [-0.4, -0.2) is 29.3 Å². The summed E-state index contributed by atoms with van der Waals surface area (Å²) in [7, 11) is 0. The zero-order valence-electron chi connectivity index (χ0n) is 9.60. The highest BCUT2D eigenvalue weighted by Crippen LogP contribution is 2.25. The Morgan fingerprint density at radius 1 is 1.44 bits per heavy atom. The van der Waals surface area contributed by atoms with E-state index in [1.165, 1.54) is 4.90 Å². The van der Waals surface area contributed by atoms with Gasteiger partial charge in [-0.05, 0) is 47.0 Å². The zero-order chi connectivity index (χ0) is 13.3. The number of likely N-dealkylation sites (tertiary alicyclic amines) is 1. The fourth-order valence-corrected chi connectivity index (χ4v) is 2.76. The fourth-order valence-electron chi connectivity index (χ4n) is 2.14. The summed E-state index contributed by atoms with van der Waals surface area (Å²) >= 11 is 7.56. The molecule has 96 valence electrons. The second kappa shape index (κ2) is 5.32. The van der Waals surface area contributed by atoms with Crippen molar-refractivity contribution in [2.24, 2.45) is 5.73 Å². The fraction of sp³-hybridized carbons (Fsp3) is 0.333. The van der Waals surface area contributed by atoms with Gasteiger partial charge in [0.05, 0.1) is 5.56 Å². The van der Waals surface area contributed by atoms with Gasteiger partial charge in [-0.15, -0.1) is 12.6 Å². The van der Waals surface area contributed by atoms with Crippen molar-refractivity contribution in [2.75, 3.05) is 6.54 Å². The smallest absolute Gasteiger partial charge is 0.255 e. The maximum Gasteiger partial charge on any atom is 0.255 e. The maximum atomic E-state index is 12.4. The van der Waals surface area contributed by atoms with Crippen molar-refractivity contribution in [2.45, 2.75) is 23.8 Å². The van der Waals surface area contributed by atoms with E-state index in [0.717, 1.165) is 6.42 Å². The monoisotopic (exact) mass is 328 g/mol. The van der Waals surface area contributed by atoms with Gasteiger partial charge >= 0.3 is 0 Å². The summed E-state index contributed by atoms with van der Waals surface area (Å²) in [4.78, 5) is 25.9. The molecule has 6 heteroatoms. The van der Waals surface area contributed by atoms with Gasteiger partial charge in [0.25, 0.3) is 5.91 Å². The number of nitrogens with zero attached hydrogens (tertiary/aromatic N) is 1. The third-order valence-corrected chi connectivity index (χ3v) is 3.99. The number of amides is 2. The standard InChI is InChI=1S/C12H13BrN2O2S/c13-9-4-3-7(18)6-8(9)12(17)15-5-1-2-10(15)11(14)16/h3-4,6,10,18H,1-2,5H2,(H2,14,16). The van der Waals surface area contributed by atoms with E-state index in [2.05, 4.69) is 28.6 Å². The Morgan fingerprint density at radius 2 is 2.17 bits per heavy atom. The lowest BCUT2D eigenvalue weighted by Crippen LogP contribution is -2.43. The minimum atomic E-state index is -0.493. The average molecular weight is 329 g/mol.